The summed E-state index contributed by atoms with van der Waals surface area (Å²) in [5, 5.41) is 25.9. The van der Waals surface area contributed by atoms with Gasteiger partial charge in [-0.1, -0.05) is 237 Å². The van der Waals surface area contributed by atoms with Crippen molar-refractivity contribution >= 4 is 44.9 Å². The highest BCUT2D eigenvalue weighted by Crippen LogP contribution is 2.39. The summed E-state index contributed by atoms with van der Waals surface area (Å²) in [4.78, 5) is 0. The first-order valence-electron chi connectivity index (χ1n) is 23.4. The predicted octanol–water partition coefficient (Wildman–Crippen LogP) is 16.2. The Bertz CT molecular complexity index is 3730. The van der Waals surface area contributed by atoms with Crippen molar-refractivity contribution in [2.24, 2.45) is 0 Å². The van der Waals surface area contributed by atoms with Gasteiger partial charge < -0.3 is 10.0 Å². The van der Waals surface area contributed by atoms with E-state index in [4.69, 9.17) is 10.0 Å². The Morgan fingerprint density at radius 1 is 0.174 bits per heavy atom. The largest absolute Gasteiger partial charge is 0.488 e. The molecule has 2 nitrogen and oxygen atoms in total. The molecule has 0 saturated heterocycles. The second-order valence-electron chi connectivity index (χ2n) is 17.5. The number of hydrogen-bond donors (Lipinski definition) is 2. The van der Waals surface area contributed by atoms with Crippen LogP contribution in [0.1, 0.15) is 0 Å². The minimum Gasteiger partial charge on any atom is -0.423 e. The molecule has 0 atom stereocenters. The van der Waals surface area contributed by atoms with Gasteiger partial charge in [0.25, 0.3) is 0 Å². The lowest BCUT2D eigenvalue weighted by Crippen LogP contribution is -2.29. The first-order chi connectivity index (χ1) is 34.0. The maximum atomic E-state index is 9.05. The average molecular weight is 883 g/mol. The van der Waals surface area contributed by atoms with Crippen LogP contribution in [0.25, 0.3) is 110 Å². The quantitative estimate of drug-likeness (QED) is 0.118. The summed E-state index contributed by atoms with van der Waals surface area (Å²) in [7, 11) is -1.41. The maximum Gasteiger partial charge on any atom is 0.488 e. The molecule has 0 heterocycles. The van der Waals surface area contributed by atoms with Crippen LogP contribution in [0.5, 0.6) is 0 Å². The molecule has 2 N–H and O–H groups in total. The van der Waals surface area contributed by atoms with Crippen molar-refractivity contribution in [2.45, 2.75) is 0 Å². The van der Waals surface area contributed by atoms with Crippen LogP contribution in [0.2, 0.25) is 0 Å². The van der Waals surface area contributed by atoms with Crippen LogP contribution in [0, 0.1) is 0 Å². The summed E-state index contributed by atoms with van der Waals surface area (Å²) in [6, 6.07) is 96.7. The van der Waals surface area contributed by atoms with E-state index in [1.807, 2.05) is 42.5 Å². The van der Waals surface area contributed by atoms with Crippen molar-refractivity contribution in [3.8, 4) is 77.9 Å². The molecule has 0 radical (unpaired) electrons. The van der Waals surface area contributed by atoms with E-state index in [1.54, 1.807) is 12.1 Å². The topological polar surface area (TPSA) is 40.5 Å². The smallest absolute Gasteiger partial charge is 0.423 e. The van der Waals surface area contributed by atoms with Crippen molar-refractivity contribution in [1.29, 1.82) is 0 Å². The SMILES string of the molecule is OB(O)c1cccc(-c2ccccc2)c1.c1ccc(-c2cccc(-c3cccc(-c4cccc(-c5cccc(-c6cccc(-c7ccc8c9ccccc9c9ccccc9c8c7)c6)c5)c4)c3)c2)cc1. The van der Waals surface area contributed by atoms with Crippen LogP contribution in [0.3, 0.4) is 0 Å². The minimum atomic E-state index is -1.41. The highest BCUT2D eigenvalue weighted by molar-refractivity contribution is 6.58. The fraction of sp³-hybridized carbons (Fsp3) is 0. The Labute approximate surface area is 403 Å². The van der Waals surface area contributed by atoms with E-state index >= 15 is 0 Å². The van der Waals surface area contributed by atoms with Crippen molar-refractivity contribution in [3.63, 3.8) is 0 Å². The third-order valence-corrected chi connectivity index (χ3v) is 13.1. The molecule has 12 aromatic rings. The second kappa shape index (κ2) is 19.3. The highest BCUT2D eigenvalue weighted by Gasteiger charge is 2.13. The number of hydrogen-bond acceptors (Lipinski definition) is 2. The van der Waals surface area contributed by atoms with E-state index in [0.29, 0.717) is 5.46 Å². The maximum absolute atomic E-state index is 9.05. The van der Waals surface area contributed by atoms with E-state index in [2.05, 4.69) is 218 Å². The molecule has 69 heavy (non-hydrogen) atoms. The minimum absolute atomic E-state index is 0.511. The van der Waals surface area contributed by atoms with Crippen LogP contribution >= 0.6 is 0 Å². The van der Waals surface area contributed by atoms with Gasteiger partial charge in [0.05, 0.1) is 0 Å². The first kappa shape index (κ1) is 43.0. The van der Waals surface area contributed by atoms with E-state index in [1.165, 1.54) is 99.1 Å². The van der Waals surface area contributed by atoms with Gasteiger partial charge in [-0.05, 0) is 152 Å². The molecular formula is C66H47BO2. The zero-order valence-corrected chi connectivity index (χ0v) is 38.0. The lowest BCUT2D eigenvalue weighted by molar-refractivity contribution is 0.426. The van der Waals surface area contributed by atoms with E-state index in [9.17, 15) is 0 Å². The predicted molar refractivity (Wildman–Crippen MR) is 293 cm³/mol. The van der Waals surface area contributed by atoms with Gasteiger partial charge in [-0.25, -0.2) is 0 Å². The second-order valence-corrected chi connectivity index (χ2v) is 17.5. The highest BCUT2D eigenvalue weighted by atomic mass is 16.4. The van der Waals surface area contributed by atoms with Gasteiger partial charge in [0.15, 0.2) is 0 Å². The molecule has 0 aromatic heterocycles. The molecule has 0 bridgehead atoms. The molecule has 326 valence electrons. The van der Waals surface area contributed by atoms with E-state index in [0.717, 1.165) is 11.1 Å². The molecule has 0 spiro atoms. The van der Waals surface area contributed by atoms with Crippen molar-refractivity contribution in [2.75, 3.05) is 0 Å². The molecule has 3 heteroatoms. The first-order valence-corrected chi connectivity index (χ1v) is 23.4. The van der Waals surface area contributed by atoms with Crippen molar-refractivity contribution in [3.05, 3.63) is 273 Å². The van der Waals surface area contributed by atoms with E-state index < -0.39 is 7.12 Å². The summed E-state index contributed by atoms with van der Waals surface area (Å²) in [5.74, 6) is 0. The van der Waals surface area contributed by atoms with Crippen LogP contribution < -0.4 is 5.46 Å². The summed E-state index contributed by atoms with van der Waals surface area (Å²) < 4.78 is 0. The zero-order valence-electron chi connectivity index (χ0n) is 38.0. The fourth-order valence-electron chi connectivity index (χ4n) is 9.62. The molecule has 0 aliphatic carbocycles. The Hall–Kier alpha value is -8.60. The van der Waals surface area contributed by atoms with Crippen LogP contribution in [-0.4, -0.2) is 17.2 Å². The van der Waals surface area contributed by atoms with E-state index in [-0.39, 0.29) is 0 Å². The van der Waals surface area contributed by atoms with Gasteiger partial charge in [0.2, 0.25) is 0 Å². The van der Waals surface area contributed by atoms with Gasteiger partial charge >= 0.3 is 7.12 Å². The third kappa shape index (κ3) is 9.13. The van der Waals surface area contributed by atoms with Gasteiger partial charge in [-0.3, -0.25) is 0 Å². The molecule has 0 aliphatic rings. The van der Waals surface area contributed by atoms with Gasteiger partial charge in [-0.15, -0.1) is 0 Å². The van der Waals surface area contributed by atoms with Gasteiger partial charge in [-0.2, -0.15) is 0 Å². The number of fused-ring (bicyclic) bond motifs is 6. The summed E-state index contributed by atoms with van der Waals surface area (Å²) in [6.07, 6.45) is 0. The molecule has 0 aliphatic heterocycles. The van der Waals surface area contributed by atoms with Crippen LogP contribution in [0.4, 0.5) is 0 Å². The Kier molecular flexibility index (Phi) is 12.0. The standard InChI is InChI=1S/C54H36.C12H11BO2/c1-2-13-37(14-3-1)38-15-8-16-39(31-38)40-17-9-18-41(32-40)42-19-10-20-43(33-42)44-21-11-22-45(34-44)46-23-12-24-47(35-46)48-29-30-53-51-27-5-4-25-49(51)50-26-6-7-28-52(50)54(53)36-48;14-13(15)12-8-4-7-11(9-12)10-5-2-1-3-6-10/h1-36H;1-9,14-15H. The Balaban J connectivity index is 0.000000296. The summed E-state index contributed by atoms with van der Waals surface area (Å²) >= 11 is 0. The lowest BCUT2D eigenvalue weighted by Gasteiger charge is -2.13. The van der Waals surface area contributed by atoms with Gasteiger partial charge in [0, 0.05) is 0 Å². The fourth-order valence-corrected chi connectivity index (χ4v) is 9.62. The Morgan fingerprint density at radius 2 is 0.420 bits per heavy atom. The molecule has 12 rings (SSSR count). The monoisotopic (exact) mass is 882 g/mol. The third-order valence-electron chi connectivity index (χ3n) is 13.1. The zero-order chi connectivity index (χ0) is 46.5. The summed E-state index contributed by atoms with van der Waals surface area (Å²) in [6.45, 7) is 0. The summed E-state index contributed by atoms with van der Waals surface area (Å²) in [5.41, 5.74) is 17.1. The molecule has 0 fully saturated rings. The molecule has 0 amide bonds. The normalized spacial score (nSPS) is 11.0. The molecule has 12 aromatic carbocycles. The van der Waals surface area contributed by atoms with Crippen molar-refractivity contribution < 1.29 is 10.0 Å². The number of benzene rings is 12. The lowest BCUT2D eigenvalue weighted by atomic mass is 9.79. The van der Waals surface area contributed by atoms with Crippen LogP contribution in [0.15, 0.2) is 273 Å². The molecule has 0 saturated carbocycles. The Morgan fingerprint density at radius 3 is 0.768 bits per heavy atom. The number of rotatable bonds is 8. The van der Waals surface area contributed by atoms with Crippen LogP contribution in [-0.2, 0) is 0 Å². The van der Waals surface area contributed by atoms with Gasteiger partial charge in [0.1, 0.15) is 0 Å². The molecule has 0 unspecified atom stereocenters. The molecular weight excluding hydrogens is 836 g/mol. The average Bonchev–Trinajstić information content (AvgIpc) is 3.44. The van der Waals surface area contributed by atoms with Crippen molar-refractivity contribution in [1.82, 2.24) is 0 Å².